The molecule has 0 unspecified atom stereocenters. The first-order chi connectivity index (χ1) is 16.2. The molecule has 0 atom stereocenters. The monoisotopic (exact) mass is 627 g/mol. The Bertz CT molecular complexity index is 1170. The lowest BCUT2D eigenvalue weighted by Gasteiger charge is -2.14. The molecule has 1 fully saturated rings. The number of benzene rings is 2. The van der Waals surface area contributed by atoms with Crippen LogP contribution in [-0.4, -0.2) is 37.6 Å². The number of phenolic OH excluding ortho intramolecular Hbond substituents is 1. The molecule has 0 bridgehead atoms. The Morgan fingerprint density at radius 3 is 2.59 bits per heavy atom. The molecule has 0 saturated carbocycles. The van der Waals surface area contributed by atoms with Crippen LogP contribution in [0, 0.1) is 10.1 Å². The maximum Gasteiger partial charge on any atom is 0.269 e. The number of unbranched alkanes of at least 4 members (excludes halogenated alkanes) is 2. The minimum atomic E-state index is -0.497. The van der Waals surface area contributed by atoms with E-state index in [-0.39, 0.29) is 23.3 Å². The van der Waals surface area contributed by atoms with E-state index in [0.29, 0.717) is 50.8 Å². The molecule has 0 aliphatic carbocycles. The van der Waals surface area contributed by atoms with Crippen molar-refractivity contribution >= 4 is 89.4 Å². The summed E-state index contributed by atoms with van der Waals surface area (Å²) in [5.74, 6) is -0.343. The largest absolute Gasteiger partial charge is 0.506 e. The number of nitrogens with one attached hydrogen (secondary N) is 1. The van der Waals surface area contributed by atoms with Crippen LogP contribution in [-0.2, 0) is 9.59 Å². The molecule has 8 nitrogen and oxygen atoms in total. The van der Waals surface area contributed by atoms with Crippen LogP contribution >= 0.6 is 55.8 Å². The smallest absolute Gasteiger partial charge is 0.269 e. The molecular weight excluding hydrogens is 610 g/mol. The highest BCUT2D eigenvalue weighted by Gasteiger charge is 2.31. The lowest BCUT2D eigenvalue weighted by atomic mass is 10.1. The van der Waals surface area contributed by atoms with Gasteiger partial charge in [-0.1, -0.05) is 46.3 Å². The van der Waals surface area contributed by atoms with Gasteiger partial charge in [0.1, 0.15) is 10.1 Å². The number of carbonyl (C=O) groups excluding carboxylic acids is 2. The van der Waals surface area contributed by atoms with Crippen LogP contribution in [0.5, 0.6) is 5.75 Å². The molecule has 1 saturated heterocycles. The molecule has 2 aromatic rings. The van der Waals surface area contributed by atoms with Gasteiger partial charge in [0, 0.05) is 40.8 Å². The standard InChI is InChI=1S/C22H19Br2N3O5S2/c23-14-10-13(20(29)17(24)12-14)11-18-21(30)26(22(33)34-18)9-3-1-2-4-19(28)25-15-5-7-16(8-6-15)27(31)32/h5-8,10-12,29H,1-4,9H2,(H,25,28)/b18-11-. The van der Waals surface area contributed by atoms with Crippen molar-refractivity contribution in [3.63, 3.8) is 0 Å². The fraction of sp³-hybridized carbons (Fsp3) is 0.227. The van der Waals surface area contributed by atoms with Crippen molar-refractivity contribution in [2.45, 2.75) is 25.7 Å². The second kappa shape index (κ2) is 11.9. The minimum Gasteiger partial charge on any atom is -0.506 e. The number of hydrogen-bond acceptors (Lipinski definition) is 7. The van der Waals surface area contributed by atoms with E-state index in [9.17, 15) is 24.8 Å². The third-order valence-corrected chi connectivity index (χ3v) is 7.31. The second-order valence-electron chi connectivity index (χ2n) is 7.32. The Kier molecular flexibility index (Phi) is 9.23. The van der Waals surface area contributed by atoms with Crippen molar-refractivity contribution in [1.82, 2.24) is 4.90 Å². The number of anilines is 1. The summed E-state index contributed by atoms with van der Waals surface area (Å²) in [4.78, 5) is 37.0. The Balaban J connectivity index is 1.45. The average Bonchev–Trinajstić information content (AvgIpc) is 3.04. The Hall–Kier alpha value is -2.28. The topological polar surface area (TPSA) is 113 Å². The van der Waals surface area contributed by atoms with E-state index >= 15 is 0 Å². The predicted molar refractivity (Wildman–Crippen MR) is 144 cm³/mol. The van der Waals surface area contributed by atoms with Gasteiger partial charge in [-0.15, -0.1) is 0 Å². The van der Waals surface area contributed by atoms with Gasteiger partial charge in [-0.3, -0.25) is 24.6 Å². The van der Waals surface area contributed by atoms with Gasteiger partial charge in [-0.05, 0) is 59.1 Å². The number of nitrogens with zero attached hydrogens (tertiary/aromatic N) is 2. The van der Waals surface area contributed by atoms with Crippen molar-refractivity contribution < 1.29 is 19.6 Å². The molecule has 0 aromatic heterocycles. The van der Waals surface area contributed by atoms with Gasteiger partial charge in [0.2, 0.25) is 5.91 Å². The molecular formula is C22H19Br2N3O5S2. The zero-order valence-electron chi connectivity index (χ0n) is 17.6. The molecule has 12 heteroatoms. The number of rotatable bonds is 9. The highest BCUT2D eigenvalue weighted by atomic mass is 79.9. The van der Waals surface area contributed by atoms with Gasteiger partial charge in [-0.25, -0.2) is 0 Å². The molecule has 1 aliphatic rings. The molecule has 178 valence electrons. The van der Waals surface area contributed by atoms with Crippen LogP contribution in [0.3, 0.4) is 0 Å². The number of nitro benzene ring substituents is 1. The Labute approximate surface area is 222 Å². The van der Waals surface area contributed by atoms with Crippen molar-refractivity contribution in [1.29, 1.82) is 0 Å². The molecule has 1 heterocycles. The normalized spacial score (nSPS) is 14.6. The first-order valence-electron chi connectivity index (χ1n) is 10.1. The van der Waals surface area contributed by atoms with Gasteiger partial charge >= 0.3 is 0 Å². The van der Waals surface area contributed by atoms with E-state index in [0.717, 1.165) is 10.9 Å². The first-order valence-corrected chi connectivity index (χ1v) is 12.9. The van der Waals surface area contributed by atoms with Crippen LogP contribution in [0.25, 0.3) is 6.08 Å². The molecule has 2 N–H and O–H groups in total. The summed E-state index contributed by atoms with van der Waals surface area (Å²) in [5, 5.41) is 23.6. The third kappa shape index (κ3) is 6.87. The maximum atomic E-state index is 12.8. The average molecular weight is 629 g/mol. The zero-order valence-corrected chi connectivity index (χ0v) is 22.4. The summed E-state index contributed by atoms with van der Waals surface area (Å²) in [6.07, 6.45) is 3.95. The number of aromatic hydroxyl groups is 1. The summed E-state index contributed by atoms with van der Waals surface area (Å²) < 4.78 is 1.73. The fourth-order valence-corrected chi connectivity index (χ4v) is 5.71. The Morgan fingerprint density at radius 2 is 1.91 bits per heavy atom. The number of hydrogen-bond donors (Lipinski definition) is 2. The zero-order chi connectivity index (χ0) is 24.8. The van der Waals surface area contributed by atoms with Gasteiger partial charge < -0.3 is 10.4 Å². The van der Waals surface area contributed by atoms with E-state index in [1.807, 2.05) is 0 Å². The number of carbonyl (C=O) groups is 2. The van der Waals surface area contributed by atoms with E-state index in [2.05, 4.69) is 37.2 Å². The summed E-state index contributed by atoms with van der Waals surface area (Å²) >= 11 is 13.2. The minimum absolute atomic E-state index is 0.0372. The molecule has 0 radical (unpaired) electrons. The number of thioether (sulfide) groups is 1. The Morgan fingerprint density at radius 1 is 1.21 bits per heavy atom. The number of phenols is 1. The highest BCUT2D eigenvalue weighted by molar-refractivity contribution is 9.11. The van der Waals surface area contributed by atoms with Crippen LogP contribution in [0.15, 0.2) is 50.2 Å². The van der Waals surface area contributed by atoms with Crippen molar-refractivity contribution in [2.75, 3.05) is 11.9 Å². The van der Waals surface area contributed by atoms with E-state index < -0.39 is 4.92 Å². The van der Waals surface area contributed by atoms with Gasteiger partial charge in [0.15, 0.2) is 0 Å². The number of halogens is 2. The maximum absolute atomic E-state index is 12.8. The van der Waals surface area contributed by atoms with Gasteiger partial charge in [-0.2, -0.15) is 0 Å². The van der Waals surface area contributed by atoms with E-state index in [1.54, 1.807) is 18.2 Å². The molecule has 0 spiro atoms. The predicted octanol–water partition coefficient (Wildman–Crippen LogP) is 6.23. The van der Waals surface area contributed by atoms with E-state index in [1.165, 1.54) is 40.9 Å². The fourth-order valence-electron chi connectivity index (χ4n) is 3.15. The lowest BCUT2D eigenvalue weighted by Crippen LogP contribution is -2.29. The van der Waals surface area contributed by atoms with Crippen LogP contribution < -0.4 is 5.32 Å². The van der Waals surface area contributed by atoms with Crippen molar-refractivity contribution in [2.24, 2.45) is 0 Å². The highest BCUT2D eigenvalue weighted by Crippen LogP contribution is 2.37. The summed E-state index contributed by atoms with van der Waals surface area (Å²) in [7, 11) is 0. The first kappa shape index (κ1) is 26.3. The summed E-state index contributed by atoms with van der Waals surface area (Å²) in [6.45, 7) is 0.445. The van der Waals surface area contributed by atoms with Crippen LogP contribution in [0.1, 0.15) is 31.2 Å². The molecule has 2 amide bonds. The number of thiocarbonyl (C=S) groups is 1. The van der Waals surface area contributed by atoms with Crippen molar-refractivity contribution in [3.8, 4) is 5.75 Å². The molecule has 34 heavy (non-hydrogen) atoms. The number of amides is 2. The number of non-ortho nitro benzene ring substituents is 1. The third-order valence-electron chi connectivity index (χ3n) is 4.87. The molecule has 3 rings (SSSR count). The summed E-state index contributed by atoms with van der Waals surface area (Å²) in [6, 6.07) is 9.08. The SMILES string of the molecule is O=C(CCCCCN1C(=O)/C(=C/c2cc(Br)cc(Br)c2O)SC1=S)Nc1ccc([N+](=O)[O-])cc1. The summed E-state index contributed by atoms with van der Waals surface area (Å²) in [5.41, 5.74) is 0.967. The van der Waals surface area contributed by atoms with Gasteiger partial charge in [0.05, 0.1) is 14.3 Å². The second-order valence-corrected chi connectivity index (χ2v) is 10.8. The van der Waals surface area contributed by atoms with Crippen LogP contribution in [0.4, 0.5) is 11.4 Å². The van der Waals surface area contributed by atoms with Crippen LogP contribution in [0.2, 0.25) is 0 Å². The number of nitro groups is 1. The molecule has 1 aliphatic heterocycles. The van der Waals surface area contributed by atoms with E-state index in [4.69, 9.17) is 12.2 Å². The molecule has 2 aromatic carbocycles. The lowest BCUT2D eigenvalue weighted by molar-refractivity contribution is -0.384. The van der Waals surface area contributed by atoms with Gasteiger partial charge in [0.25, 0.3) is 11.6 Å². The quantitative estimate of drug-likeness (QED) is 0.111. The van der Waals surface area contributed by atoms with Crippen molar-refractivity contribution in [3.05, 3.63) is 65.9 Å².